The zero-order chi connectivity index (χ0) is 12.1. The van der Waals surface area contributed by atoms with Gasteiger partial charge in [0.05, 0.1) is 11.5 Å². The van der Waals surface area contributed by atoms with Gasteiger partial charge in [-0.2, -0.15) is 0 Å². The van der Waals surface area contributed by atoms with Crippen LogP contribution in [0.25, 0.3) is 0 Å². The predicted molar refractivity (Wildman–Crippen MR) is 66.5 cm³/mol. The number of carbonyl (C=O) groups is 1. The fraction of sp³-hybridized carbons (Fsp3) is 0.273. The van der Waals surface area contributed by atoms with Crippen LogP contribution in [0.1, 0.15) is 17.3 Å². The van der Waals surface area contributed by atoms with E-state index in [1.807, 2.05) is 6.92 Å². The van der Waals surface area contributed by atoms with Crippen molar-refractivity contribution in [2.24, 2.45) is 5.73 Å². The maximum absolute atomic E-state index is 12.0. The Labute approximate surface area is 99.7 Å². The van der Waals surface area contributed by atoms with E-state index >= 15 is 0 Å². The third kappa shape index (κ3) is 3.20. The van der Waals surface area contributed by atoms with Crippen molar-refractivity contribution in [3.8, 4) is 5.75 Å². The molecule has 0 aliphatic heterocycles. The van der Waals surface area contributed by atoms with E-state index in [2.05, 4.69) is 0 Å². The molecule has 0 saturated carbocycles. The van der Waals surface area contributed by atoms with Gasteiger partial charge in [-0.15, -0.1) is 0 Å². The summed E-state index contributed by atoms with van der Waals surface area (Å²) in [4.78, 5) is 13.8. The van der Waals surface area contributed by atoms with Gasteiger partial charge in [0.25, 0.3) is 5.91 Å². The number of likely N-dealkylation sites (N-methyl/N-ethyl adjacent to an activating group) is 1. The first-order valence-corrected chi connectivity index (χ1v) is 5.32. The second-order valence-corrected chi connectivity index (χ2v) is 3.86. The highest BCUT2D eigenvalue weighted by molar-refractivity contribution is 7.80. The molecule has 1 aromatic rings. The first-order chi connectivity index (χ1) is 7.54. The standard InChI is InChI=1S/C11H14N2O2S/c1-2-13(7-10(12)16)11(15)8-4-3-5-9(14)6-8/h3-6,14H,2,7H2,1H3,(H2,12,16). The predicted octanol–water partition coefficient (Wildman–Crippen LogP) is 1.14. The highest BCUT2D eigenvalue weighted by atomic mass is 32.1. The van der Waals surface area contributed by atoms with E-state index in [1.54, 1.807) is 12.1 Å². The smallest absolute Gasteiger partial charge is 0.254 e. The summed E-state index contributed by atoms with van der Waals surface area (Å²) >= 11 is 4.77. The van der Waals surface area contributed by atoms with Crippen LogP contribution < -0.4 is 5.73 Å². The molecule has 0 saturated heterocycles. The highest BCUT2D eigenvalue weighted by Crippen LogP contribution is 2.12. The summed E-state index contributed by atoms with van der Waals surface area (Å²) in [6, 6.07) is 6.20. The number of thiocarbonyl (C=S) groups is 1. The van der Waals surface area contributed by atoms with Crippen molar-refractivity contribution in [1.82, 2.24) is 4.90 Å². The molecular weight excluding hydrogens is 224 g/mol. The first kappa shape index (κ1) is 12.4. The van der Waals surface area contributed by atoms with E-state index in [0.717, 1.165) is 0 Å². The monoisotopic (exact) mass is 238 g/mol. The molecule has 0 aliphatic carbocycles. The number of hydrogen-bond acceptors (Lipinski definition) is 3. The van der Waals surface area contributed by atoms with E-state index in [4.69, 9.17) is 18.0 Å². The Hall–Kier alpha value is -1.62. The minimum absolute atomic E-state index is 0.0669. The van der Waals surface area contributed by atoms with Crippen molar-refractivity contribution in [2.45, 2.75) is 6.92 Å². The number of carbonyl (C=O) groups excluding carboxylic acids is 1. The summed E-state index contributed by atoms with van der Waals surface area (Å²) in [5.74, 6) is -0.122. The molecule has 3 N–H and O–H groups in total. The second kappa shape index (κ2) is 5.46. The van der Waals surface area contributed by atoms with Gasteiger partial charge in [0, 0.05) is 12.1 Å². The summed E-state index contributed by atoms with van der Waals surface area (Å²) in [6.07, 6.45) is 0. The summed E-state index contributed by atoms with van der Waals surface area (Å²) in [7, 11) is 0. The van der Waals surface area contributed by atoms with E-state index in [0.29, 0.717) is 12.1 Å². The average Bonchev–Trinajstić information content (AvgIpc) is 2.24. The molecule has 4 nitrogen and oxygen atoms in total. The molecule has 16 heavy (non-hydrogen) atoms. The van der Waals surface area contributed by atoms with Gasteiger partial charge >= 0.3 is 0 Å². The molecule has 0 radical (unpaired) electrons. The molecule has 5 heteroatoms. The minimum Gasteiger partial charge on any atom is -0.508 e. The van der Waals surface area contributed by atoms with E-state index in [-0.39, 0.29) is 23.2 Å². The van der Waals surface area contributed by atoms with Gasteiger partial charge in [-0.3, -0.25) is 4.79 Å². The van der Waals surface area contributed by atoms with Crippen LogP contribution in [-0.2, 0) is 0 Å². The Morgan fingerprint density at radius 3 is 2.75 bits per heavy atom. The van der Waals surface area contributed by atoms with Crippen LogP contribution in [0.2, 0.25) is 0 Å². The lowest BCUT2D eigenvalue weighted by Gasteiger charge is -2.20. The Bertz CT molecular complexity index is 407. The van der Waals surface area contributed by atoms with Crippen molar-refractivity contribution in [1.29, 1.82) is 0 Å². The number of hydrogen-bond donors (Lipinski definition) is 2. The summed E-state index contributed by atoms with van der Waals surface area (Å²) in [6.45, 7) is 2.62. The maximum Gasteiger partial charge on any atom is 0.254 e. The molecule has 0 unspecified atom stereocenters. The molecule has 0 aromatic heterocycles. The molecule has 0 atom stereocenters. The Kier molecular flexibility index (Phi) is 4.25. The molecule has 1 amide bonds. The van der Waals surface area contributed by atoms with Crippen molar-refractivity contribution in [3.63, 3.8) is 0 Å². The summed E-state index contributed by atoms with van der Waals surface area (Å²) < 4.78 is 0. The number of phenolic OH excluding ortho intramolecular Hbond substituents is 1. The number of aromatic hydroxyl groups is 1. The largest absolute Gasteiger partial charge is 0.508 e. The van der Waals surface area contributed by atoms with Crippen LogP contribution >= 0.6 is 12.2 Å². The number of nitrogens with two attached hydrogens (primary N) is 1. The topological polar surface area (TPSA) is 66.6 Å². The lowest BCUT2D eigenvalue weighted by atomic mass is 10.2. The average molecular weight is 238 g/mol. The third-order valence-corrected chi connectivity index (χ3v) is 2.24. The molecule has 0 aliphatic rings. The Balaban J connectivity index is 2.86. The second-order valence-electron chi connectivity index (χ2n) is 3.34. The lowest BCUT2D eigenvalue weighted by Crippen LogP contribution is -2.37. The fourth-order valence-corrected chi connectivity index (χ4v) is 1.49. The SMILES string of the molecule is CCN(CC(N)=S)C(=O)c1cccc(O)c1. The fourth-order valence-electron chi connectivity index (χ4n) is 1.34. The Morgan fingerprint density at radius 1 is 1.56 bits per heavy atom. The van der Waals surface area contributed by atoms with E-state index < -0.39 is 0 Å². The molecule has 0 heterocycles. The van der Waals surface area contributed by atoms with Crippen LogP contribution in [0.4, 0.5) is 0 Å². The van der Waals surface area contributed by atoms with Gasteiger partial charge in [0.15, 0.2) is 0 Å². The third-order valence-electron chi connectivity index (χ3n) is 2.11. The number of rotatable bonds is 4. The van der Waals surface area contributed by atoms with Gasteiger partial charge in [0.2, 0.25) is 0 Å². The van der Waals surface area contributed by atoms with Crippen molar-refractivity contribution >= 4 is 23.1 Å². The Morgan fingerprint density at radius 2 is 2.25 bits per heavy atom. The molecule has 0 bridgehead atoms. The quantitative estimate of drug-likeness (QED) is 0.772. The normalized spacial score (nSPS) is 9.81. The van der Waals surface area contributed by atoms with E-state index in [1.165, 1.54) is 17.0 Å². The molecule has 1 aromatic carbocycles. The zero-order valence-corrected chi connectivity index (χ0v) is 9.83. The molecular formula is C11H14N2O2S. The van der Waals surface area contributed by atoms with E-state index in [9.17, 15) is 9.90 Å². The van der Waals surface area contributed by atoms with Gasteiger partial charge in [0.1, 0.15) is 5.75 Å². The van der Waals surface area contributed by atoms with Gasteiger partial charge in [-0.1, -0.05) is 18.3 Å². The van der Waals surface area contributed by atoms with Crippen molar-refractivity contribution < 1.29 is 9.90 Å². The number of benzene rings is 1. The highest BCUT2D eigenvalue weighted by Gasteiger charge is 2.14. The molecule has 0 fully saturated rings. The maximum atomic E-state index is 12.0. The van der Waals surface area contributed by atoms with Crippen LogP contribution in [-0.4, -0.2) is 34.0 Å². The first-order valence-electron chi connectivity index (χ1n) is 4.91. The molecule has 0 spiro atoms. The number of phenols is 1. The van der Waals surface area contributed by atoms with Crippen LogP contribution in [0.5, 0.6) is 5.75 Å². The van der Waals surface area contributed by atoms with Gasteiger partial charge in [-0.25, -0.2) is 0 Å². The van der Waals surface area contributed by atoms with Gasteiger partial charge in [-0.05, 0) is 25.1 Å². The lowest BCUT2D eigenvalue weighted by molar-refractivity contribution is 0.0787. The van der Waals surface area contributed by atoms with Crippen molar-refractivity contribution in [3.05, 3.63) is 29.8 Å². The molecule has 86 valence electrons. The van der Waals surface area contributed by atoms with Crippen molar-refractivity contribution in [2.75, 3.05) is 13.1 Å². The van der Waals surface area contributed by atoms with Crippen LogP contribution in [0.15, 0.2) is 24.3 Å². The number of nitrogens with zero attached hydrogens (tertiary/aromatic N) is 1. The summed E-state index contributed by atoms with van der Waals surface area (Å²) in [5.41, 5.74) is 5.83. The zero-order valence-electron chi connectivity index (χ0n) is 9.01. The minimum atomic E-state index is -0.189. The van der Waals surface area contributed by atoms with Gasteiger partial charge < -0.3 is 15.7 Å². The molecule has 1 rings (SSSR count). The van der Waals surface area contributed by atoms with Crippen LogP contribution in [0, 0.1) is 0 Å². The summed E-state index contributed by atoms with van der Waals surface area (Å²) in [5, 5.41) is 9.28. The van der Waals surface area contributed by atoms with Crippen LogP contribution in [0.3, 0.4) is 0 Å². The number of amides is 1.